The maximum Gasteiger partial charge on any atom is 0.216 e. The highest BCUT2D eigenvalue weighted by Crippen LogP contribution is 2.20. The van der Waals surface area contributed by atoms with Crippen LogP contribution >= 0.6 is 0 Å². The van der Waals surface area contributed by atoms with Crippen LogP contribution in [0.25, 0.3) is 0 Å². The summed E-state index contributed by atoms with van der Waals surface area (Å²) in [6.45, 7) is 4.43. The standard InChI is InChI=1S/C11H21N3O3/c1-9-10(11(16-3)14(2)13-9)8-12-4-6-17-7-5-15/h12,15H,4-8H2,1-3H3. The van der Waals surface area contributed by atoms with Crippen LogP contribution in [-0.2, 0) is 18.3 Å². The molecule has 0 amide bonds. The zero-order chi connectivity index (χ0) is 12.7. The van der Waals surface area contributed by atoms with Crippen molar-refractivity contribution in [2.45, 2.75) is 13.5 Å². The lowest BCUT2D eigenvalue weighted by Crippen LogP contribution is -2.20. The maximum atomic E-state index is 8.54. The summed E-state index contributed by atoms with van der Waals surface area (Å²) in [5.74, 6) is 0.784. The van der Waals surface area contributed by atoms with Crippen LogP contribution in [0.2, 0.25) is 0 Å². The average molecular weight is 243 g/mol. The second kappa shape index (κ2) is 7.26. The van der Waals surface area contributed by atoms with Crippen molar-refractivity contribution in [3.05, 3.63) is 11.3 Å². The van der Waals surface area contributed by atoms with Gasteiger partial charge in [-0.1, -0.05) is 0 Å². The van der Waals surface area contributed by atoms with Gasteiger partial charge in [-0.3, -0.25) is 0 Å². The van der Waals surface area contributed by atoms with E-state index in [0.717, 1.165) is 23.7 Å². The van der Waals surface area contributed by atoms with Crippen LogP contribution in [0.1, 0.15) is 11.3 Å². The maximum absolute atomic E-state index is 8.54. The Hall–Kier alpha value is -1.11. The fourth-order valence-electron chi connectivity index (χ4n) is 1.66. The van der Waals surface area contributed by atoms with Crippen molar-refractivity contribution in [2.75, 3.05) is 33.5 Å². The summed E-state index contributed by atoms with van der Waals surface area (Å²) in [6.07, 6.45) is 0. The van der Waals surface area contributed by atoms with Crippen molar-refractivity contribution in [3.63, 3.8) is 0 Å². The van der Waals surface area contributed by atoms with Crippen LogP contribution in [0.5, 0.6) is 5.88 Å². The van der Waals surface area contributed by atoms with Crippen LogP contribution < -0.4 is 10.1 Å². The molecule has 0 aliphatic rings. The molecule has 0 fully saturated rings. The second-order valence-corrected chi connectivity index (χ2v) is 3.71. The first-order valence-electron chi connectivity index (χ1n) is 5.66. The van der Waals surface area contributed by atoms with Gasteiger partial charge in [0.05, 0.1) is 38.2 Å². The summed E-state index contributed by atoms with van der Waals surface area (Å²) in [7, 11) is 3.50. The van der Waals surface area contributed by atoms with Gasteiger partial charge in [0.25, 0.3) is 0 Å². The Kier molecular flexibility index (Phi) is 5.96. The number of nitrogens with zero attached hydrogens (tertiary/aromatic N) is 2. The molecule has 6 heteroatoms. The fraction of sp³-hybridized carbons (Fsp3) is 0.727. The van der Waals surface area contributed by atoms with E-state index in [9.17, 15) is 0 Å². The molecule has 0 aliphatic heterocycles. The average Bonchev–Trinajstić information content (AvgIpc) is 2.58. The molecular weight excluding hydrogens is 222 g/mol. The minimum absolute atomic E-state index is 0.0650. The minimum Gasteiger partial charge on any atom is -0.481 e. The van der Waals surface area contributed by atoms with Gasteiger partial charge in [-0.15, -0.1) is 0 Å². The van der Waals surface area contributed by atoms with Crippen LogP contribution in [0.15, 0.2) is 0 Å². The molecule has 0 bridgehead atoms. The van der Waals surface area contributed by atoms with Crippen molar-refractivity contribution >= 4 is 0 Å². The van der Waals surface area contributed by atoms with Gasteiger partial charge < -0.3 is 19.9 Å². The summed E-state index contributed by atoms with van der Waals surface area (Å²) in [5, 5.41) is 16.1. The zero-order valence-corrected chi connectivity index (χ0v) is 10.7. The fourth-order valence-corrected chi connectivity index (χ4v) is 1.66. The molecule has 98 valence electrons. The highest BCUT2D eigenvalue weighted by atomic mass is 16.5. The molecule has 1 aromatic heterocycles. The van der Waals surface area contributed by atoms with E-state index in [1.807, 2.05) is 14.0 Å². The van der Waals surface area contributed by atoms with E-state index in [-0.39, 0.29) is 6.61 Å². The van der Waals surface area contributed by atoms with Gasteiger partial charge in [0, 0.05) is 20.1 Å². The van der Waals surface area contributed by atoms with Gasteiger partial charge in [-0.25, -0.2) is 4.68 Å². The molecular formula is C11H21N3O3. The number of hydrogen-bond donors (Lipinski definition) is 2. The smallest absolute Gasteiger partial charge is 0.216 e. The Bertz CT molecular complexity index is 339. The van der Waals surface area contributed by atoms with Crippen molar-refractivity contribution in [1.29, 1.82) is 0 Å². The van der Waals surface area contributed by atoms with Crippen molar-refractivity contribution in [2.24, 2.45) is 7.05 Å². The number of aryl methyl sites for hydroxylation is 2. The van der Waals surface area contributed by atoms with Gasteiger partial charge in [0.2, 0.25) is 5.88 Å². The van der Waals surface area contributed by atoms with Gasteiger partial charge in [-0.05, 0) is 6.92 Å². The Morgan fingerprint density at radius 2 is 2.18 bits per heavy atom. The number of aromatic nitrogens is 2. The lowest BCUT2D eigenvalue weighted by Gasteiger charge is -2.07. The second-order valence-electron chi connectivity index (χ2n) is 3.71. The van der Waals surface area contributed by atoms with Gasteiger partial charge in [0.15, 0.2) is 0 Å². The van der Waals surface area contributed by atoms with Crippen LogP contribution in [-0.4, -0.2) is 48.4 Å². The first-order chi connectivity index (χ1) is 8.20. The minimum atomic E-state index is 0.0650. The number of aliphatic hydroxyl groups is 1. The Morgan fingerprint density at radius 3 is 2.82 bits per heavy atom. The lowest BCUT2D eigenvalue weighted by molar-refractivity contribution is 0.0937. The topological polar surface area (TPSA) is 68.5 Å². The van der Waals surface area contributed by atoms with E-state index in [1.54, 1.807) is 11.8 Å². The molecule has 2 N–H and O–H groups in total. The third-order valence-corrected chi connectivity index (χ3v) is 2.44. The Labute approximate surface area is 102 Å². The predicted molar refractivity (Wildman–Crippen MR) is 64.1 cm³/mol. The van der Waals surface area contributed by atoms with E-state index in [4.69, 9.17) is 14.6 Å². The molecule has 0 unspecified atom stereocenters. The monoisotopic (exact) mass is 243 g/mol. The van der Waals surface area contributed by atoms with E-state index in [1.165, 1.54) is 0 Å². The number of methoxy groups -OCH3 is 1. The molecule has 1 aromatic rings. The summed E-state index contributed by atoms with van der Waals surface area (Å²) in [6, 6.07) is 0. The van der Waals surface area contributed by atoms with Crippen molar-refractivity contribution < 1.29 is 14.6 Å². The number of nitrogens with one attached hydrogen (secondary N) is 1. The third-order valence-electron chi connectivity index (χ3n) is 2.44. The van der Waals surface area contributed by atoms with E-state index < -0.39 is 0 Å². The number of hydrogen-bond acceptors (Lipinski definition) is 5. The number of ether oxygens (including phenoxy) is 2. The van der Waals surface area contributed by atoms with Crippen LogP contribution in [0, 0.1) is 6.92 Å². The van der Waals surface area contributed by atoms with E-state index in [0.29, 0.717) is 19.8 Å². The molecule has 0 aromatic carbocycles. The lowest BCUT2D eigenvalue weighted by atomic mass is 10.2. The molecule has 0 saturated carbocycles. The SMILES string of the molecule is COc1c(CNCCOCCO)c(C)nn1C. The first-order valence-corrected chi connectivity index (χ1v) is 5.66. The predicted octanol–water partition coefficient (Wildman–Crippen LogP) is -0.164. The van der Waals surface area contributed by atoms with Gasteiger partial charge >= 0.3 is 0 Å². The van der Waals surface area contributed by atoms with Crippen molar-refractivity contribution in [3.8, 4) is 5.88 Å². The van der Waals surface area contributed by atoms with E-state index in [2.05, 4.69) is 10.4 Å². The van der Waals surface area contributed by atoms with Crippen LogP contribution in [0.4, 0.5) is 0 Å². The molecule has 0 spiro atoms. The van der Waals surface area contributed by atoms with Gasteiger partial charge in [-0.2, -0.15) is 5.10 Å². The highest BCUT2D eigenvalue weighted by molar-refractivity contribution is 5.30. The quantitative estimate of drug-likeness (QED) is 0.621. The third kappa shape index (κ3) is 3.99. The summed E-state index contributed by atoms with van der Waals surface area (Å²) in [5.41, 5.74) is 2.03. The zero-order valence-electron chi connectivity index (χ0n) is 10.7. The number of rotatable bonds is 8. The molecule has 1 heterocycles. The molecule has 0 saturated heterocycles. The molecule has 1 rings (SSSR count). The molecule has 0 atom stereocenters. The molecule has 17 heavy (non-hydrogen) atoms. The molecule has 6 nitrogen and oxygen atoms in total. The normalized spacial score (nSPS) is 10.8. The Morgan fingerprint density at radius 1 is 1.41 bits per heavy atom. The Balaban J connectivity index is 2.36. The van der Waals surface area contributed by atoms with Crippen LogP contribution in [0.3, 0.4) is 0 Å². The summed E-state index contributed by atoms with van der Waals surface area (Å²) < 4.78 is 12.2. The van der Waals surface area contributed by atoms with Crippen molar-refractivity contribution in [1.82, 2.24) is 15.1 Å². The summed E-state index contributed by atoms with van der Waals surface area (Å²) in [4.78, 5) is 0. The van der Waals surface area contributed by atoms with E-state index >= 15 is 0 Å². The first kappa shape index (κ1) is 14.0. The molecule has 0 radical (unpaired) electrons. The molecule has 0 aliphatic carbocycles. The largest absolute Gasteiger partial charge is 0.481 e. The van der Waals surface area contributed by atoms with Gasteiger partial charge in [0.1, 0.15) is 0 Å². The number of aliphatic hydroxyl groups excluding tert-OH is 1. The summed E-state index contributed by atoms with van der Waals surface area (Å²) >= 11 is 0. The highest BCUT2D eigenvalue weighted by Gasteiger charge is 2.12.